The molecule has 0 saturated carbocycles. The summed E-state index contributed by atoms with van der Waals surface area (Å²) in [6.45, 7) is 29.1. The lowest BCUT2D eigenvalue weighted by Crippen LogP contribution is -2.56. The van der Waals surface area contributed by atoms with Crippen LogP contribution in [0.15, 0.2) is 0 Å². The van der Waals surface area contributed by atoms with E-state index < -0.39 is 0 Å². The maximum Gasteiger partial charge on any atom is -0.0193 e. The SMILES string of the molecule is CC(C)C(C)C(C)(C(C)(C)C)C(C)(C)C(C)(C)C. The first kappa shape index (κ1) is 18.0. The monoisotopic (exact) mass is 254 g/mol. The van der Waals surface area contributed by atoms with Crippen LogP contribution in [-0.2, 0) is 0 Å². The van der Waals surface area contributed by atoms with Crippen molar-refractivity contribution in [3.63, 3.8) is 0 Å². The first-order valence-electron chi connectivity index (χ1n) is 7.60. The Kier molecular flexibility index (Phi) is 4.84. The molecule has 0 aliphatic heterocycles. The Morgan fingerprint density at radius 1 is 0.556 bits per heavy atom. The molecule has 0 rings (SSSR count). The van der Waals surface area contributed by atoms with Gasteiger partial charge in [-0.05, 0) is 33.5 Å². The zero-order chi connectivity index (χ0) is 15.2. The fraction of sp³-hybridized carbons (Fsp3) is 1.00. The molecule has 18 heavy (non-hydrogen) atoms. The van der Waals surface area contributed by atoms with E-state index in [-0.39, 0.29) is 5.41 Å². The molecule has 0 heterocycles. The van der Waals surface area contributed by atoms with Gasteiger partial charge in [0.1, 0.15) is 0 Å². The fourth-order valence-electron chi connectivity index (χ4n) is 3.64. The van der Waals surface area contributed by atoms with Crippen LogP contribution in [0.25, 0.3) is 0 Å². The van der Waals surface area contributed by atoms with Gasteiger partial charge in [0.15, 0.2) is 0 Å². The van der Waals surface area contributed by atoms with Crippen LogP contribution in [0.1, 0.15) is 83.1 Å². The molecule has 0 heteroatoms. The Balaban J connectivity index is 5.96. The minimum Gasteiger partial charge on any atom is -0.0625 e. The van der Waals surface area contributed by atoms with Crippen molar-refractivity contribution in [2.45, 2.75) is 83.1 Å². The first-order chi connectivity index (χ1) is 7.60. The van der Waals surface area contributed by atoms with Crippen molar-refractivity contribution in [2.24, 2.45) is 33.5 Å². The predicted molar refractivity (Wildman–Crippen MR) is 84.8 cm³/mol. The molecule has 110 valence electrons. The van der Waals surface area contributed by atoms with Crippen LogP contribution in [0, 0.1) is 33.5 Å². The van der Waals surface area contributed by atoms with Crippen LogP contribution in [0.3, 0.4) is 0 Å². The van der Waals surface area contributed by atoms with Crippen molar-refractivity contribution < 1.29 is 0 Å². The van der Waals surface area contributed by atoms with Crippen LogP contribution in [0.4, 0.5) is 0 Å². The lowest BCUT2D eigenvalue weighted by atomic mass is 9.42. The van der Waals surface area contributed by atoms with E-state index in [1.165, 1.54) is 0 Å². The van der Waals surface area contributed by atoms with Crippen molar-refractivity contribution >= 4 is 0 Å². The van der Waals surface area contributed by atoms with E-state index >= 15 is 0 Å². The standard InChI is InChI=1S/C18H38/c1-13(2)14(3)18(12,16(7,8)9)17(10,11)15(4,5)6/h13-14H,1-12H3. The molecule has 0 fully saturated rings. The Hall–Kier alpha value is 0. The van der Waals surface area contributed by atoms with E-state index in [1.807, 2.05) is 0 Å². The average Bonchev–Trinajstić information content (AvgIpc) is 2.11. The second-order valence-electron chi connectivity index (χ2n) is 9.36. The van der Waals surface area contributed by atoms with Crippen molar-refractivity contribution in [2.75, 3.05) is 0 Å². The second kappa shape index (κ2) is 4.84. The molecule has 0 nitrogen and oxygen atoms in total. The Morgan fingerprint density at radius 2 is 0.889 bits per heavy atom. The van der Waals surface area contributed by atoms with E-state index in [0.29, 0.717) is 22.2 Å². The summed E-state index contributed by atoms with van der Waals surface area (Å²) in [4.78, 5) is 0. The highest BCUT2D eigenvalue weighted by atomic mass is 14.6. The molecule has 0 aliphatic rings. The largest absolute Gasteiger partial charge is 0.0625 e. The summed E-state index contributed by atoms with van der Waals surface area (Å²) in [5, 5.41) is 0. The molecule has 0 aromatic rings. The van der Waals surface area contributed by atoms with Gasteiger partial charge in [-0.1, -0.05) is 83.1 Å². The van der Waals surface area contributed by atoms with Crippen LogP contribution in [0.2, 0.25) is 0 Å². The molecule has 0 amide bonds. The molecule has 0 radical (unpaired) electrons. The molecule has 2 unspecified atom stereocenters. The van der Waals surface area contributed by atoms with Crippen molar-refractivity contribution in [1.29, 1.82) is 0 Å². The van der Waals surface area contributed by atoms with E-state index in [4.69, 9.17) is 0 Å². The third kappa shape index (κ3) is 2.63. The molecule has 0 bridgehead atoms. The smallest absolute Gasteiger partial charge is 0.0193 e. The van der Waals surface area contributed by atoms with E-state index in [0.717, 1.165) is 5.92 Å². The van der Waals surface area contributed by atoms with E-state index in [2.05, 4.69) is 83.1 Å². The van der Waals surface area contributed by atoms with Gasteiger partial charge in [-0.2, -0.15) is 0 Å². The maximum absolute atomic E-state index is 2.52. The van der Waals surface area contributed by atoms with Crippen LogP contribution >= 0.6 is 0 Å². The third-order valence-corrected chi connectivity index (χ3v) is 6.64. The van der Waals surface area contributed by atoms with Crippen molar-refractivity contribution in [1.82, 2.24) is 0 Å². The van der Waals surface area contributed by atoms with Gasteiger partial charge < -0.3 is 0 Å². The quantitative estimate of drug-likeness (QED) is 0.546. The van der Waals surface area contributed by atoms with Crippen molar-refractivity contribution in [3.05, 3.63) is 0 Å². The predicted octanol–water partition coefficient (Wildman–Crippen LogP) is 6.40. The number of hydrogen-bond acceptors (Lipinski definition) is 0. The highest BCUT2D eigenvalue weighted by Gasteiger charge is 2.56. The lowest BCUT2D eigenvalue weighted by molar-refractivity contribution is -0.139. The van der Waals surface area contributed by atoms with Crippen LogP contribution in [0.5, 0.6) is 0 Å². The molecule has 0 saturated heterocycles. The van der Waals surface area contributed by atoms with Crippen LogP contribution in [-0.4, -0.2) is 0 Å². The molecule has 2 atom stereocenters. The molecule has 0 aromatic carbocycles. The first-order valence-corrected chi connectivity index (χ1v) is 7.60. The molecule has 0 aromatic heterocycles. The molecular formula is C18H38. The highest BCUT2D eigenvalue weighted by Crippen LogP contribution is 2.63. The molecule has 0 spiro atoms. The number of hydrogen-bond donors (Lipinski definition) is 0. The lowest BCUT2D eigenvalue weighted by Gasteiger charge is -2.62. The summed E-state index contributed by atoms with van der Waals surface area (Å²) in [5.74, 6) is 1.42. The van der Waals surface area contributed by atoms with E-state index in [9.17, 15) is 0 Å². The summed E-state index contributed by atoms with van der Waals surface area (Å²) >= 11 is 0. The van der Waals surface area contributed by atoms with Gasteiger partial charge in [-0.3, -0.25) is 0 Å². The summed E-state index contributed by atoms with van der Waals surface area (Å²) in [7, 11) is 0. The number of rotatable bonds is 3. The summed E-state index contributed by atoms with van der Waals surface area (Å²) in [6, 6.07) is 0. The minimum atomic E-state index is 0.280. The van der Waals surface area contributed by atoms with Gasteiger partial charge in [0.2, 0.25) is 0 Å². The molecule has 0 aliphatic carbocycles. The highest BCUT2D eigenvalue weighted by molar-refractivity contribution is 5.05. The van der Waals surface area contributed by atoms with Gasteiger partial charge in [0, 0.05) is 0 Å². The summed E-state index contributed by atoms with van der Waals surface area (Å²) in [6.07, 6.45) is 0. The summed E-state index contributed by atoms with van der Waals surface area (Å²) in [5.41, 5.74) is 1.18. The maximum atomic E-state index is 2.52. The van der Waals surface area contributed by atoms with Crippen LogP contribution < -0.4 is 0 Å². The minimum absolute atomic E-state index is 0.280. The second-order valence-corrected chi connectivity index (χ2v) is 9.36. The molecular weight excluding hydrogens is 216 g/mol. The summed E-state index contributed by atoms with van der Waals surface area (Å²) < 4.78 is 0. The Bertz CT molecular complexity index is 269. The van der Waals surface area contributed by atoms with Gasteiger partial charge >= 0.3 is 0 Å². The normalized spacial score (nSPS) is 19.8. The van der Waals surface area contributed by atoms with Gasteiger partial charge in [0.05, 0.1) is 0 Å². The zero-order valence-electron chi connectivity index (χ0n) is 15.2. The molecule has 0 N–H and O–H groups in total. The van der Waals surface area contributed by atoms with Crippen molar-refractivity contribution in [3.8, 4) is 0 Å². The van der Waals surface area contributed by atoms with Gasteiger partial charge in [-0.25, -0.2) is 0 Å². The Labute approximate surface area is 117 Å². The van der Waals surface area contributed by atoms with Gasteiger partial charge in [0.25, 0.3) is 0 Å². The fourth-order valence-corrected chi connectivity index (χ4v) is 3.64. The van der Waals surface area contributed by atoms with Gasteiger partial charge in [-0.15, -0.1) is 0 Å². The topological polar surface area (TPSA) is 0 Å². The third-order valence-electron chi connectivity index (χ3n) is 6.64. The average molecular weight is 255 g/mol. The van der Waals surface area contributed by atoms with E-state index in [1.54, 1.807) is 0 Å². The zero-order valence-corrected chi connectivity index (χ0v) is 15.2. The Morgan fingerprint density at radius 3 is 1.06 bits per heavy atom.